The Morgan fingerprint density at radius 3 is 2.35 bits per heavy atom. The van der Waals surface area contributed by atoms with E-state index in [2.05, 4.69) is 0 Å². The van der Waals surface area contributed by atoms with E-state index in [1.165, 1.54) is 0 Å². The highest BCUT2D eigenvalue weighted by Crippen LogP contribution is 2.31. The number of carbonyl (C=O) groups is 1. The lowest BCUT2D eigenvalue weighted by Gasteiger charge is -2.30. The molecule has 0 bridgehead atoms. The lowest BCUT2D eigenvalue weighted by Crippen LogP contribution is -2.37. The minimum absolute atomic E-state index is 0.180. The number of rotatable bonds is 4. The van der Waals surface area contributed by atoms with Crippen LogP contribution in [-0.2, 0) is 16.0 Å². The van der Waals surface area contributed by atoms with Crippen LogP contribution in [0.25, 0.3) is 0 Å². The summed E-state index contributed by atoms with van der Waals surface area (Å²) in [5, 5.41) is 0.532. The summed E-state index contributed by atoms with van der Waals surface area (Å²) in [5.74, 6) is -0.180. The zero-order chi connectivity index (χ0) is 15.6. The second-order valence-electron chi connectivity index (χ2n) is 6.45. The van der Waals surface area contributed by atoms with Gasteiger partial charge in [0.2, 0.25) is 0 Å². The van der Waals surface area contributed by atoms with Crippen LogP contribution >= 0.6 is 11.6 Å². The molecule has 2 N–H and O–H groups in total. The summed E-state index contributed by atoms with van der Waals surface area (Å²) in [6.07, 6.45) is 1.28. The summed E-state index contributed by atoms with van der Waals surface area (Å²) < 4.78 is 5.52. The molecule has 0 radical (unpaired) electrons. The Morgan fingerprint density at radius 1 is 1.30 bits per heavy atom. The van der Waals surface area contributed by atoms with Crippen molar-refractivity contribution in [2.24, 2.45) is 5.41 Å². The van der Waals surface area contributed by atoms with E-state index in [9.17, 15) is 4.79 Å². The topological polar surface area (TPSA) is 52.3 Å². The zero-order valence-electron chi connectivity index (χ0n) is 12.9. The van der Waals surface area contributed by atoms with Gasteiger partial charge in [-0.1, -0.05) is 24.6 Å². The Morgan fingerprint density at radius 2 is 1.90 bits per heavy atom. The van der Waals surface area contributed by atoms with Gasteiger partial charge < -0.3 is 10.5 Å². The molecule has 1 aromatic rings. The van der Waals surface area contributed by atoms with Gasteiger partial charge in [0.15, 0.2) is 0 Å². The molecule has 20 heavy (non-hydrogen) atoms. The lowest BCUT2D eigenvalue weighted by atomic mass is 9.81. The molecule has 1 atom stereocenters. The first kappa shape index (κ1) is 16.8. The van der Waals surface area contributed by atoms with Crippen molar-refractivity contribution in [2.75, 3.05) is 5.73 Å². The van der Waals surface area contributed by atoms with Gasteiger partial charge in [-0.3, -0.25) is 4.79 Å². The van der Waals surface area contributed by atoms with Gasteiger partial charge in [0.05, 0.1) is 16.1 Å². The maximum atomic E-state index is 12.4. The Kier molecular flexibility index (Phi) is 5.09. The first-order chi connectivity index (χ1) is 9.07. The van der Waals surface area contributed by atoms with Crippen molar-refractivity contribution >= 4 is 23.3 Å². The van der Waals surface area contributed by atoms with Gasteiger partial charge in [0.25, 0.3) is 0 Å². The van der Waals surface area contributed by atoms with Crippen molar-refractivity contribution in [1.29, 1.82) is 0 Å². The van der Waals surface area contributed by atoms with E-state index in [-0.39, 0.29) is 5.97 Å². The normalized spacial score (nSPS) is 14.7. The van der Waals surface area contributed by atoms with Gasteiger partial charge in [-0.2, -0.15) is 0 Å². The molecule has 0 aromatic heterocycles. The second kappa shape index (κ2) is 6.04. The highest BCUT2D eigenvalue weighted by Gasteiger charge is 2.35. The summed E-state index contributed by atoms with van der Waals surface area (Å²) in [7, 11) is 0. The molecule has 0 fully saturated rings. The third-order valence-electron chi connectivity index (χ3n) is 3.33. The van der Waals surface area contributed by atoms with E-state index in [0.29, 0.717) is 23.6 Å². The van der Waals surface area contributed by atoms with Crippen LogP contribution in [0.15, 0.2) is 18.2 Å². The predicted octanol–water partition coefficient (Wildman–Crippen LogP) is 4.22. The number of nitrogen functional groups attached to an aromatic ring is 1. The first-order valence-electron chi connectivity index (χ1n) is 6.85. The van der Waals surface area contributed by atoms with E-state index >= 15 is 0 Å². The monoisotopic (exact) mass is 297 g/mol. The second-order valence-corrected chi connectivity index (χ2v) is 6.86. The number of ether oxygens (including phenoxy) is 1. The number of halogens is 1. The van der Waals surface area contributed by atoms with Crippen molar-refractivity contribution in [3.05, 3.63) is 28.8 Å². The number of carbonyl (C=O) groups excluding carboxylic acids is 1. The smallest absolute Gasteiger partial charge is 0.312 e. The number of hydrogen-bond donors (Lipinski definition) is 1. The quantitative estimate of drug-likeness (QED) is 0.668. The van der Waals surface area contributed by atoms with Crippen molar-refractivity contribution in [2.45, 2.75) is 53.1 Å². The van der Waals surface area contributed by atoms with E-state index < -0.39 is 11.0 Å². The van der Waals surface area contributed by atoms with Crippen molar-refractivity contribution in [3.63, 3.8) is 0 Å². The average Bonchev–Trinajstić information content (AvgIpc) is 2.31. The molecule has 0 amide bonds. The average molecular weight is 298 g/mol. The molecule has 1 aromatic carbocycles. The molecule has 0 spiro atoms. The van der Waals surface area contributed by atoms with Gasteiger partial charge >= 0.3 is 5.97 Å². The van der Waals surface area contributed by atoms with Gasteiger partial charge in [-0.05, 0) is 58.2 Å². The lowest BCUT2D eigenvalue weighted by molar-refractivity contribution is -0.166. The van der Waals surface area contributed by atoms with Crippen LogP contribution < -0.4 is 5.73 Å². The van der Waals surface area contributed by atoms with E-state index in [1.807, 2.05) is 46.8 Å². The maximum Gasteiger partial charge on any atom is 0.312 e. The molecule has 4 heteroatoms. The molecule has 0 aliphatic carbocycles. The van der Waals surface area contributed by atoms with Crippen molar-refractivity contribution in [3.8, 4) is 0 Å². The van der Waals surface area contributed by atoms with Gasteiger partial charge in [-0.15, -0.1) is 0 Å². The summed E-state index contributed by atoms with van der Waals surface area (Å²) in [5.41, 5.74) is 6.29. The summed E-state index contributed by atoms with van der Waals surface area (Å²) >= 11 is 5.92. The summed E-state index contributed by atoms with van der Waals surface area (Å²) in [6.45, 7) is 9.54. The minimum Gasteiger partial charge on any atom is -0.460 e. The molecule has 3 nitrogen and oxygen atoms in total. The fourth-order valence-corrected chi connectivity index (χ4v) is 2.01. The van der Waals surface area contributed by atoms with Crippen LogP contribution in [0.4, 0.5) is 5.69 Å². The highest BCUT2D eigenvalue weighted by atomic mass is 35.5. The molecule has 0 aliphatic rings. The van der Waals surface area contributed by atoms with Gasteiger partial charge in [-0.25, -0.2) is 0 Å². The molecule has 1 unspecified atom stereocenters. The highest BCUT2D eigenvalue weighted by molar-refractivity contribution is 6.33. The van der Waals surface area contributed by atoms with E-state index in [1.54, 1.807) is 6.07 Å². The number of hydrogen-bond acceptors (Lipinski definition) is 3. The van der Waals surface area contributed by atoms with Crippen LogP contribution in [0, 0.1) is 5.41 Å². The van der Waals surface area contributed by atoms with E-state index in [0.717, 1.165) is 5.56 Å². The molecule has 112 valence electrons. The third kappa shape index (κ3) is 4.41. The fourth-order valence-electron chi connectivity index (χ4n) is 1.90. The van der Waals surface area contributed by atoms with Crippen LogP contribution in [0.2, 0.25) is 5.02 Å². The zero-order valence-corrected chi connectivity index (χ0v) is 13.7. The number of anilines is 1. The Hall–Kier alpha value is -1.22. The van der Waals surface area contributed by atoms with Crippen LogP contribution in [-0.4, -0.2) is 11.6 Å². The third-order valence-corrected chi connectivity index (χ3v) is 3.67. The largest absolute Gasteiger partial charge is 0.460 e. The fraction of sp³-hybridized carbons (Fsp3) is 0.562. The number of benzene rings is 1. The summed E-state index contributed by atoms with van der Waals surface area (Å²) in [6, 6.07) is 5.48. The SMILES string of the molecule is CCC(C)(Cc1ccc(Cl)c(N)c1)C(=O)OC(C)(C)C. The van der Waals surface area contributed by atoms with Crippen molar-refractivity contribution in [1.82, 2.24) is 0 Å². The van der Waals surface area contributed by atoms with Crippen molar-refractivity contribution < 1.29 is 9.53 Å². The van der Waals surface area contributed by atoms with Crippen LogP contribution in [0.1, 0.15) is 46.6 Å². The number of esters is 1. The maximum absolute atomic E-state index is 12.4. The van der Waals surface area contributed by atoms with Gasteiger partial charge in [0.1, 0.15) is 5.60 Å². The van der Waals surface area contributed by atoms with Gasteiger partial charge in [0, 0.05) is 0 Å². The minimum atomic E-state index is -0.562. The van der Waals surface area contributed by atoms with Crippen LogP contribution in [0.3, 0.4) is 0 Å². The Bertz CT molecular complexity index is 494. The predicted molar refractivity (Wildman–Crippen MR) is 83.8 cm³/mol. The molecule has 0 heterocycles. The number of nitrogens with two attached hydrogens (primary N) is 1. The molecule has 0 saturated carbocycles. The molecular weight excluding hydrogens is 274 g/mol. The Labute approximate surface area is 126 Å². The standard InChI is InChI=1S/C16H24ClNO2/c1-6-16(5,14(19)20-15(2,3)4)10-11-7-8-12(17)13(18)9-11/h7-9H,6,10,18H2,1-5H3. The molecule has 1 rings (SSSR count). The Balaban J connectivity index is 2.94. The molecule has 0 aliphatic heterocycles. The molecule has 0 saturated heterocycles. The first-order valence-corrected chi connectivity index (χ1v) is 7.22. The molecular formula is C16H24ClNO2. The van der Waals surface area contributed by atoms with E-state index in [4.69, 9.17) is 22.1 Å². The van der Waals surface area contributed by atoms with Crippen LogP contribution in [0.5, 0.6) is 0 Å². The summed E-state index contributed by atoms with van der Waals surface area (Å²) in [4.78, 5) is 12.4.